The largest absolute Gasteiger partial charge is 0.369 e. The number of piperidine rings is 1. The van der Waals surface area contributed by atoms with E-state index in [0.29, 0.717) is 11.8 Å². The Hall–Kier alpha value is -1.24. The van der Waals surface area contributed by atoms with E-state index in [9.17, 15) is 4.79 Å². The molecule has 0 bridgehead atoms. The molecule has 2 N–H and O–H groups in total. The van der Waals surface area contributed by atoms with E-state index in [2.05, 4.69) is 47.7 Å². The number of hydrogen-bond donors (Lipinski definition) is 1. The van der Waals surface area contributed by atoms with Gasteiger partial charge in [0.05, 0.1) is 17.3 Å². The first kappa shape index (κ1) is 17.6. The zero-order valence-corrected chi connectivity index (χ0v) is 15.7. The van der Waals surface area contributed by atoms with Gasteiger partial charge in [0.2, 0.25) is 5.91 Å². The highest BCUT2D eigenvalue weighted by Crippen LogP contribution is 2.53. The summed E-state index contributed by atoms with van der Waals surface area (Å²) in [6.45, 7) is 6.31. The molecule has 0 radical (unpaired) electrons. The number of primary amides is 1. The van der Waals surface area contributed by atoms with Crippen molar-refractivity contribution >= 4 is 35.6 Å². The van der Waals surface area contributed by atoms with Crippen LogP contribution in [0.2, 0.25) is 0 Å². The van der Waals surface area contributed by atoms with E-state index >= 15 is 0 Å². The van der Waals surface area contributed by atoms with Crippen molar-refractivity contribution in [3.05, 3.63) is 30.4 Å². The number of nitrogens with zero attached hydrogens (tertiary/aromatic N) is 3. The van der Waals surface area contributed by atoms with Crippen LogP contribution in [0.3, 0.4) is 0 Å². The summed E-state index contributed by atoms with van der Waals surface area (Å²) in [5, 5.41) is 0. The fourth-order valence-electron chi connectivity index (χ4n) is 4.17. The second-order valence-electron chi connectivity index (χ2n) is 7.13. The third-order valence-electron chi connectivity index (χ3n) is 5.61. The van der Waals surface area contributed by atoms with Gasteiger partial charge in [0.25, 0.3) is 0 Å². The third kappa shape index (κ3) is 2.43. The van der Waals surface area contributed by atoms with E-state index in [0.717, 1.165) is 24.4 Å². The lowest BCUT2D eigenvalue weighted by Crippen LogP contribution is -2.43. The van der Waals surface area contributed by atoms with E-state index in [1.165, 1.54) is 4.90 Å². The van der Waals surface area contributed by atoms with Crippen molar-refractivity contribution < 1.29 is 4.79 Å². The number of carbonyl (C=O) groups is 1. The Morgan fingerprint density at radius 3 is 2.62 bits per heavy atom. The topological polar surface area (TPSA) is 63.6 Å². The molecule has 1 amide bonds. The highest BCUT2D eigenvalue weighted by atomic mass is 35.5. The van der Waals surface area contributed by atoms with E-state index in [1.807, 2.05) is 6.20 Å². The molecule has 0 aromatic carbocycles. The number of hydrogen-bond acceptors (Lipinski definition) is 4. The first-order valence-corrected chi connectivity index (χ1v) is 9.22. The summed E-state index contributed by atoms with van der Waals surface area (Å²) >= 11 is 1.74. The van der Waals surface area contributed by atoms with Crippen molar-refractivity contribution in [1.82, 2.24) is 14.3 Å². The molecule has 2 aliphatic rings. The molecule has 1 aliphatic carbocycles. The molecule has 2 fully saturated rings. The van der Waals surface area contributed by atoms with Crippen molar-refractivity contribution in [3.63, 3.8) is 0 Å². The van der Waals surface area contributed by atoms with Gasteiger partial charge in [-0.25, -0.2) is 4.98 Å². The predicted molar refractivity (Wildman–Crippen MR) is 98.5 cm³/mol. The average Bonchev–Trinajstić information content (AvgIpc) is 2.90. The first-order chi connectivity index (χ1) is 10.9. The quantitative estimate of drug-likeness (QED) is 0.844. The molecule has 7 heteroatoms. The Labute approximate surface area is 152 Å². The lowest BCUT2D eigenvalue weighted by Gasteiger charge is -2.36. The number of imidazole rings is 1. The number of halogens is 1. The maximum Gasteiger partial charge on any atom is 0.221 e. The lowest BCUT2D eigenvalue weighted by molar-refractivity contribution is -0.120. The number of aromatic nitrogens is 2. The van der Waals surface area contributed by atoms with Gasteiger partial charge < -0.3 is 10.1 Å². The maximum absolute atomic E-state index is 11.4. The maximum atomic E-state index is 11.4. The van der Waals surface area contributed by atoms with Crippen LogP contribution >= 0.6 is 24.2 Å². The van der Waals surface area contributed by atoms with E-state index in [1.54, 1.807) is 11.8 Å². The predicted octanol–water partition coefficient (Wildman–Crippen LogP) is 2.38. The van der Waals surface area contributed by atoms with Crippen LogP contribution in [0.15, 0.2) is 29.4 Å². The van der Waals surface area contributed by atoms with Gasteiger partial charge in [-0.15, -0.1) is 24.2 Å². The van der Waals surface area contributed by atoms with Crippen LogP contribution in [0.4, 0.5) is 0 Å². The summed E-state index contributed by atoms with van der Waals surface area (Å²) in [4.78, 5) is 19.8. The van der Waals surface area contributed by atoms with Gasteiger partial charge in [-0.3, -0.25) is 9.69 Å². The summed E-state index contributed by atoms with van der Waals surface area (Å²) < 4.78 is 2.20. The van der Waals surface area contributed by atoms with E-state index in [-0.39, 0.29) is 29.8 Å². The smallest absolute Gasteiger partial charge is 0.221 e. The molecule has 2 aromatic rings. The first-order valence-electron chi connectivity index (χ1n) is 8.00. The molecule has 130 valence electrons. The second-order valence-corrected chi connectivity index (χ2v) is 7.98. The summed E-state index contributed by atoms with van der Waals surface area (Å²) in [6, 6.07) is 4.20. The van der Waals surface area contributed by atoms with Crippen molar-refractivity contribution in [1.29, 1.82) is 0 Å². The van der Waals surface area contributed by atoms with E-state index < -0.39 is 0 Å². The minimum absolute atomic E-state index is 0. The molecule has 3 heterocycles. The zero-order chi connectivity index (χ0) is 16.4. The number of thioether (sulfide) groups is 1. The summed E-state index contributed by atoms with van der Waals surface area (Å²) in [5.41, 5.74) is 6.45. The van der Waals surface area contributed by atoms with Crippen LogP contribution in [-0.2, 0) is 10.3 Å². The molecule has 4 rings (SSSR count). The highest BCUT2D eigenvalue weighted by Gasteiger charge is 2.60. The number of rotatable bonds is 4. The standard InChI is InChI=1S/C17H22N4OS.ClH/c1-17(2,20-8-10-11(9-20)14(10)15(18)22)16-19-7-12-13(23-3)5-4-6-21(12)16;/h4-7,10-11,14H,8-9H2,1-3H3,(H2,18,22);1H. The Balaban J connectivity index is 0.00000169. The number of likely N-dealkylation sites (tertiary alicyclic amines) is 1. The number of fused-ring (bicyclic) bond motifs is 2. The molecule has 1 saturated heterocycles. The number of nitrogens with two attached hydrogens (primary N) is 1. The number of carbonyl (C=O) groups excluding carboxylic acids is 1. The molecular formula is C17H23ClN4OS. The van der Waals surface area contributed by atoms with Crippen LogP contribution in [-0.4, -0.2) is 39.5 Å². The van der Waals surface area contributed by atoms with Gasteiger partial charge in [0.15, 0.2) is 0 Å². The number of amides is 1. The van der Waals surface area contributed by atoms with Crippen molar-refractivity contribution in [2.75, 3.05) is 19.3 Å². The third-order valence-corrected chi connectivity index (χ3v) is 6.40. The molecule has 1 aliphatic heterocycles. The van der Waals surface area contributed by atoms with Gasteiger partial charge >= 0.3 is 0 Å². The summed E-state index contributed by atoms with van der Waals surface area (Å²) in [6.07, 6.45) is 6.14. The lowest BCUT2D eigenvalue weighted by atomic mass is 10.0. The van der Waals surface area contributed by atoms with Crippen molar-refractivity contribution in [2.24, 2.45) is 23.5 Å². The summed E-state index contributed by atoms with van der Waals surface area (Å²) in [7, 11) is 0. The Morgan fingerprint density at radius 1 is 1.38 bits per heavy atom. The van der Waals surface area contributed by atoms with Crippen LogP contribution < -0.4 is 5.73 Å². The molecule has 5 nitrogen and oxygen atoms in total. The van der Waals surface area contributed by atoms with Crippen molar-refractivity contribution in [2.45, 2.75) is 24.3 Å². The van der Waals surface area contributed by atoms with Gasteiger partial charge in [-0.2, -0.15) is 0 Å². The number of pyridine rings is 1. The van der Waals surface area contributed by atoms with E-state index in [4.69, 9.17) is 10.7 Å². The normalized spacial score (nSPS) is 26.2. The Kier molecular flexibility index (Phi) is 4.35. The Bertz CT molecular complexity index is 778. The van der Waals surface area contributed by atoms with Crippen LogP contribution in [0.25, 0.3) is 5.52 Å². The fraction of sp³-hybridized carbons (Fsp3) is 0.529. The molecule has 24 heavy (non-hydrogen) atoms. The molecule has 0 spiro atoms. The van der Waals surface area contributed by atoms with Crippen LogP contribution in [0.5, 0.6) is 0 Å². The van der Waals surface area contributed by atoms with Gasteiger partial charge in [0, 0.05) is 30.1 Å². The van der Waals surface area contributed by atoms with Gasteiger partial charge in [0.1, 0.15) is 5.82 Å². The zero-order valence-electron chi connectivity index (χ0n) is 14.1. The average molecular weight is 367 g/mol. The molecule has 2 unspecified atom stereocenters. The minimum atomic E-state index is -0.168. The molecule has 2 aromatic heterocycles. The SMILES string of the molecule is CSc1cccn2c(C(C)(C)N3CC4C(C3)C4C(N)=O)ncc12.Cl. The molecule has 1 saturated carbocycles. The van der Waals surface area contributed by atoms with Crippen molar-refractivity contribution in [3.8, 4) is 0 Å². The minimum Gasteiger partial charge on any atom is -0.369 e. The van der Waals surface area contributed by atoms with Gasteiger partial charge in [-0.05, 0) is 44.1 Å². The fourth-order valence-corrected chi connectivity index (χ4v) is 4.74. The highest BCUT2D eigenvalue weighted by molar-refractivity contribution is 7.98. The second kappa shape index (κ2) is 5.93. The monoisotopic (exact) mass is 366 g/mol. The Morgan fingerprint density at radius 2 is 2.04 bits per heavy atom. The molecule has 2 atom stereocenters. The van der Waals surface area contributed by atoms with Crippen LogP contribution in [0, 0.1) is 17.8 Å². The van der Waals surface area contributed by atoms with Gasteiger partial charge in [-0.1, -0.05) is 0 Å². The summed E-state index contributed by atoms with van der Waals surface area (Å²) in [5.74, 6) is 1.91. The van der Waals surface area contributed by atoms with Crippen LogP contribution in [0.1, 0.15) is 19.7 Å². The molecular weight excluding hydrogens is 344 g/mol.